The van der Waals surface area contributed by atoms with Crippen LogP contribution < -0.4 is 4.74 Å². The van der Waals surface area contributed by atoms with Gasteiger partial charge in [-0.3, -0.25) is 4.79 Å². The number of ether oxygens (including phenoxy) is 1. The molecule has 0 radical (unpaired) electrons. The smallest absolute Gasteiger partial charge is 0.405 e. The number of hydrogen-bond acceptors (Lipinski definition) is 2. The summed E-state index contributed by atoms with van der Waals surface area (Å²) in [6.07, 6.45) is -4.76. The minimum absolute atomic E-state index is 0.157. The summed E-state index contributed by atoms with van der Waals surface area (Å²) in [5.41, 5.74) is 0.757. The monoisotopic (exact) mass is 388 g/mol. The Balaban J connectivity index is 3.22. The molecule has 0 spiro atoms. The van der Waals surface area contributed by atoms with Gasteiger partial charge in [-0.15, -0.1) is 13.2 Å². The summed E-state index contributed by atoms with van der Waals surface area (Å²) >= 11 is 6.25. The van der Waals surface area contributed by atoms with Crippen molar-refractivity contribution in [3.05, 3.63) is 29.3 Å². The van der Waals surface area contributed by atoms with Crippen LogP contribution in [0.5, 0.6) is 5.75 Å². The summed E-state index contributed by atoms with van der Waals surface area (Å²) in [6.45, 7) is 1.36. The van der Waals surface area contributed by atoms with Crippen LogP contribution in [-0.2, 0) is 10.1 Å². The van der Waals surface area contributed by atoms with Crippen LogP contribution in [0.1, 0.15) is 22.9 Å². The van der Waals surface area contributed by atoms with E-state index in [0.717, 1.165) is 0 Å². The molecule has 0 fully saturated rings. The van der Waals surface area contributed by atoms with Crippen LogP contribution >= 0.6 is 31.9 Å². The Hall–Kier alpha value is -0.560. The van der Waals surface area contributed by atoms with Crippen molar-refractivity contribution in [3.63, 3.8) is 0 Å². The van der Waals surface area contributed by atoms with Gasteiger partial charge in [-0.1, -0.05) is 44.0 Å². The van der Waals surface area contributed by atoms with Crippen LogP contribution in [0, 0.1) is 0 Å². The highest BCUT2D eigenvalue weighted by molar-refractivity contribution is 9.09. The van der Waals surface area contributed by atoms with E-state index >= 15 is 0 Å². The number of carbonyl (C=O) groups is 1. The molecule has 0 aromatic heterocycles. The molecule has 18 heavy (non-hydrogen) atoms. The van der Waals surface area contributed by atoms with E-state index in [-0.39, 0.29) is 16.9 Å². The van der Waals surface area contributed by atoms with Gasteiger partial charge in [-0.05, 0) is 18.6 Å². The molecule has 1 unspecified atom stereocenters. The quantitative estimate of drug-likeness (QED) is 0.708. The Kier molecular flexibility index (Phi) is 5.21. The van der Waals surface area contributed by atoms with Gasteiger partial charge >= 0.3 is 6.36 Å². The number of carbonyl (C=O) groups excluding carboxylic acids is 1. The predicted molar refractivity (Wildman–Crippen MR) is 68.1 cm³/mol. The van der Waals surface area contributed by atoms with Crippen LogP contribution in [0.2, 0.25) is 0 Å². The number of Topliss-reactive ketones (excluding diaryl/α,β-unsaturated/α-hetero) is 1. The first-order valence-corrected chi connectivity index (χ1v) is 6.88. The maximum atomic E-state index is 12.2. The minimum atomic E-state index is -4.76. The lowest BCUT2D eigenvalue weighted by Crippen LogP contribution is -2.18. The Labute approximate surface area is 119 Å². The van der Waals surface area contributed by atoms with E-state index in [1.807, 2.05) is 0 Å². The van der Waals surface area contributed by atoms with Gasteiger partial charge in [0.05, 0.1) is 4.83 Å². The van der Waals surface area contributed by atoms with Crippen molar-refractivity contribution in [2.75, 3.05) is 0 Å². The van der Waals surface area contributed by atoms with E-state index in [9.17, 15) is 18.0 Å². The highest BCUT2D eigenvalue weighted by Gasteiger charge is 2.32. The molecule has 2 nitrogen and oxygen atoms in total. The Morgan fingerprint density at radius 1 is 1.44 bits per heavy atom. The normalized spacial score (nSPS) is 13.2. The van der Waals surface area contributed by atoms with Gasteiger partial charge in [0, 0.05) is 10.9 Å². The zero-order valence-corrected chi connectivity index (χ0v) is 12.4. The topological polar surface area (TPSA) is 26.3 Å². The third kappa shape index (κ3) is 3.98. The summed E-state index contributed by atoms with van der Waals surface area (Å²) in [5, 5.41) is 0.157. The van der Waals surface area contributed by atoms with Gasteiger partial charge in [0.2, 0.25) is 0 Å². The molecule has 0 N–H and O–H groups in total. The zero-order chi connectivity index (χ0) is 13.9. The van der Waals surface area contributed by atoms with Crippen molar-refractivity contribution in [1.82, 2.24) is 0 Å². The number of halogens is 5. The van der Waals surface area contributed by atoms with Crippen molar-refractivity contribution < 1.29 is 22.7 Å². The highest BCUT2D eigenvalue weighted by atomic mass is 79.9. The van der Waals surface area contributed by atoms with Crippen LogP contribution in [0.3, 0.4) is 0 Å². The maximum Gasteiger partial charge on any atom is 0.573 e. The molecule has 7 heteroatoms. The minimum Gasteiger partial charge on any atom is -0.405 e. The van der Waals surface area contributed by atoms with E-state index in [4.69, 9.17) is 0 Å². The Bertz CT molecular complexity index is 446. The van der Waals surface area contributed by atoms with E-state index < -0.39 is 11.2 Å². The average Bonchev–Trinajstić information content (AvgIpc) is 2.25. The summed E-state index contributed by atoms with van der Waals surface area (Å²) in [6, 6.07) is 4.22. The van der Waals surface area contributed by atoms with Gasteiger partial charge in [-0.25, -0.2) is 0 Å². The summed E-state index contributed by atoms with van der Waals surface area (Å²) in [4.78, 5) is 10.6. The van der Waals surface area contributed by atoms with Gasteiger partial charge in [0.15, 0.2) is 0 Å². The number of ketones is 1. The summed E-state index contributed by atoms with van der Waals surface area (Å²) < 4.78 is 40.6. The number of benzene rings is 1. The number of rotatable bonds is 4. The lowest BCUT2D eigenvalue weighted by molar-refractivity contribution is -0.274. The molecule has 0 heterocycles. The molecule has 0 aliphatic rings. The van der Waals surface area contributed by atoms with Crippen molar-refractivity contribution in [3.8, 4) is 5.75 Å². The molecular formula is C11H9Br2F3O2. The molecular weight excluding hydrogens is 381 g/mol. The molecule has 0 saturated carbocycles. The Morgan fingerprint density at radius 3 is 2.50 bits per heavy atom. The van der Waals surface area contributed by atoms with Crippen molar-refractivity contribution in [1.29, 1.82) is 0 Å². The predicted octanol–water partition coefficient (Wildman–Crippen LogP) is 4.51. The first kappa shape index (κ1) is 15.5. The fourth-order valence-electron chi connectivity index (χ4n) is 1.40. The van der Waals surface area contributed by atoms with Crippen LogP contribution in [0.15, 0.2) is 18.2 Å². The summed E-state index contributed by atoms with van der Waals surface area (Å²) in [5.74, 6) is -0.496. The van der Waals surface area contributed by atoms with Gasteiger partial charge in [0.1, 0.15) is 11.5 Å². The van der Waals surface area contributed by atoms with Crippen LogP contribution in [-0.4, -0.2) is 12.1 Å². The Morgan fingerprint density at radius 2 is 2.06 bits per heavy atom. The molecule has 0 aliphatic carbocycles. The largest absolute Gasteiger partial charge is 0.573 e. The fraction of sp³-hybridized carbons (Fsp3) is 0.364. The highest BCUT2D eigenvalue weighted by Crippen LogP contribution is 2.35. The average molecular weight is 390 g/mol. The van der Waals surface area contributed by atoms with Crippen LogP contribution in [0.4, 0.5) is 13.2 Å². The molecule has 0 saturated heterocycles. The lowest BCUT2D eigenvalue weighted by Gasteiger charge is -2.17. The summed E-state index contributed by atoms with van der Waals surface area (Å²) in [7, 11) is 0. The van der Waals surface area contributed by atoms with E-state index in [1.54, 1.807) is 6.07 Å². The first-order valence-electron chi connectivity index (χ1n) is 4.84. The first-order chi connectivity index (χ1) is 8.26. The van der Waals surface area contributed by atoms with E-state index in [2.05, 4.69) is 36.6 Å². The third-order valence-corrected chi connectivity index (χ3v) is 3.86. The third-order valence-electron chi connectivity index (χ3n) is 2.16. The molecule has 0 amide bonds. The standard InChI is InChI=1S/C11H9Br2F3O2/c1-6(17)10(13)7-3-2-4-9(8(7)5-12)18-11(14,15)16/h2-4,10H,5H2,1H3. The molecule has 0 aliphatic heterocycles. The lowest BCUT2D eigenvalue weighted by atomic mass is 10.0. The second kappa shape index (κ2) is 6.06. The van der Waals surface area contributed by atoms with Crippen molar-refractivity contribution in [2.45, 2.75) is 23.4 Å². The maximum absolute atomic E-state index is 12.2. The molecule has 0 bridgehead atoms. The molecule has 100 valence electrons. The van der Waals surface area contributed by atoms with E-state index in [1.165, 1.54) is 19.1 Å². The molecule has 1 atom stereocenters. The SMILES string of the molecule is CC(=O)C(Br)c1cccc(OC(F)(F)F)c1CBr. The van der Waals surface area contributed by atoms with Crippen molar-refractivity contribution in [2.24, 2.45) is 0 Å². The van der Waals surface area contributed by atoms with Crippen molar-refractivity contribution >= 4 is 37.6 Å². The van der Waals surface area contributed by atoms with E-state index in [0.29, 0.717) is 11.1 Å². The second-order valence-corrected chi connectivity index (χ2v) is 4.95. The molecule has 1 aromatic rings. The fourth-order valence-corrected chi connectivity index (χ4v) is 2.43. The second-order valence-electron chi connectivity index (χ2n) is 3.48. The van der Waals surface area contributed by atoms with Gasteiger partial charge in [0.25, 0.3) is 0 Å². The number of alkyl halides is 5. The van der Waals surface area contributed by atoms with Crippen LogP contribution in [0.25, 0.3) is 0 Å². The van der Waals surface area contributed by atoms with Gasteiger partial charge < -0.3 is 4.74 Å². The molecule has 1 rings (SSSR count). The molecule has 1 aromatic carbocycles. The number of hydrogen-bond donors (Lipinski definition) is 0. The van der Waals surface area contributed by atoms with Gasteiger partial charge in [-0.2, -0.15) is 0 Å². The zero-order valence-electron chi connectivity index (χ0n) is 9.22.